The van der Waals surface area contributed by atoms with Crippen LogP contribution in [0.3, 0.4) is 0 Å². The third-order valence-corrected chi connectivity index (χ3v) is 7.99. The number of amides is 1. The van der Waals surface area contributed by atoms with E-state index in [0.717, 1.165) is 19.4 Å². The predicted molar refractivity (Wildman–Crippen MR) is 115 cm³/mol. The summed E-state index contributed by atoms with van der Waals surface area (Å²) in [5, 5.41) is 2.96. The van der Waals surface area contributed by atoms with Gasteiger partial charge < -0.3 is 10.2 Å². The van der Waals surface area contributed by atoms with Crippen LogP contribution >= 0.6 is 0 Å². The van der Waals surface area contributed by atoms with E-state index in [0.29, 0.717) is 37.0 Å². The number of hydrogen-bond donors (Lipinski definition) is 2. The summed E-state index contributed by atoms with van der Waals surface area (Å²) in [5.41, 5.74) is 0.509. The summed E-state index contributed by atoms with van der Waals surface area (Å²) in [6.07, 6.45) is 6.00. The van der Waals surface area contributed by atoms with Crippen molar-refractivity contribution in [3.63, 3.8) is 0 Å². The van der Waals surface area contributed by atoms with E-state index in [1.807, 2.05) is 0 Å². The Bertz CT molecular complexity index is 763. The number of sulfonamides is 1. The molecule has 0 aliphatic carbocycles. The molecule has 29 heavy (non-hydrogen) atoms. The molecule has 3 rings (SSSR count). The fourth-order valence-electron chi connectivity index (χ4n) is 4.67. The molecule has 0 saturated carbocycles. The Morgan fingerprint density at radius 3 is 2.31 bits per heavy atom. The van der Waals surface area contributed by atoms with Crippen molar-refractivity contribution >= 4 is 15.9 Å². The summed E-state index contributed by atoms with van der Waals surface area (Å²) in [4.78, 5) is 14.3. The maximum absolute atomic E-state index is 12.9. The zero-order valence-corrected chi connectivity index (χ0v) is 18.6. The van der Waals surface area contributed by atoms with Crippen molar-refractivity contribution in [2.24, 2.45) is 11.8 Å². The molecule has 0 bridgehead atoms. The van der Waals surface area contributed by atoms with E-state index in [1.165, 1.54) is 32.4 Å². The van der Waals surface area contributed by atoms with Gasteiger partial charge in [-0.25, -0.2) is 8.42 Å². The maximum atomic E-state index is 12.9. The zero-order valence-electron chi connectivity index (χ0n) is 17.8. The van der Waals surface area contributed by atoms with Crippen LogP contribution in [-0.4, -0.2) is 57.9 Å². The molecule has 1 amide bonds. The number of likely N-dealkylation sites (tertiary alicyclic amines) is 1. The van der Waals surface area contributed by atoms with E-state index in [2.05, 4.69) is 19.2 Å². The van der Waals surface area contributed by atoms with Gasteiger partial charge in [-0.15, -0.1) is 0 Å². The Morgan fingerprint density at radius 1 is 1.07 bits per heavy atom. The van der Waals surface area contributed by atoms with E-state index in [9.17, 15) is 13.2 Å². The molecular weight excluding hydrogens is 386 g/mol. The molecule has 1 aromatic rings. The summed E-state index contributed by atoms with van der Waals surface area (Å²) in [7, 11) is -3.50. The molecule has 0 spiro atoms. The molecule has 2 saturated heterocycles. The van der Waals surface area contributed by atoms with Crippen LogP contribution in [0.2, 0.25) is 0 Å². The first-order valence-corrected chi connectivity index (χ1v) is 12.5. The summed E-state index contributed by atoms with van der Waals surface area (Å²) < 4.78 is 27.5. The van der Waals surface area contributed by atoms with Crippen molar-refractivity contribution in [3.8, 4) is 0 Å². The number of hydrogen-bond acceptors (Lipinski definition) is 3. The van der Waals surface area contributed by atoms with Crippen molar-refractivity contribution in [3.05, 3.63) is 29.8 Å². The summed E-state index contributed by atoms with van der Waals surface area (Å²) in [6.45, 7) is 9.58. The van der Waals surface area contributed by atoms with E-state index >= 15 is 0 Å². The Hall–Kier alpha value is -1.44. The van der Waals surface area contributed by atoms with Crippen LogP contribution in [0, 0.1) is 11.8 Å². The van der Waals surface area contributed by atoms with Gasteiger partial charge in [-0.2, -0.15) is 4.31 Å². The van der Waals surface area contributed by atoms with Gasteiger partial charge in [0.1, 0.15) is 0 Å². The monoisotopic (exact) mass is 422 g/mol. The van der Waals surface area contributed by atoms with Crippen LogP contribution in [0.1, 0.15) is 56.3 Å². The fraction of sp³-hybridized carbons (Fsp3) is 0.682. The molecule has 2 aliphatic rings. The van der Waals surface area contributed by atoms with Crippen LogP contribution in [0.4, 0.5) is 0 Å². The van der Waals surface area contributed by atoms with Crippen molar-refractivity contribution in [2.45, 2.75) is 50.8 Å². The first-order valence-electron chi connectivity index (χ1n) is 11.1. The number of quaternary nitrogens is 1. The van der Waals surface area contributed by atoms with Crippen LogP contribution < -0.4 is 10.2 Å². The van der Waals surface area contributed by atoms with Crippen LogP contribution in [0.15, 0.2) is 29.2 Å². The lowest BCUT2D eigenvalue weighted by Crippen LogP contribution is -3.12. The fourth-order valence-corrected chi connectivity index (χ4v) is 6.35. The molecule has 2 heterocycles. The molecule has 7 heteroatoms. The van der Waals surface area contributed by atoms with Gasteiger partial charge in [0.25, 0.3) is 5.91 Å². The Kier molecular flexibility index (Phi) is 7.71. The molecule has 2 atom stereocenters. The second-order valence-corrected chi connectivity index (χ2v) is 10.9. The molecule has 2 aliphatic heterocycles. The highest BCUT2D eigenvalue weighted by Gasteiger charge is 2.31. The summed E-state index contributed by atoms with van der Waals surface area (Å²) >= 11 is 0. The zero-order chi connectivity index (χ0) is 20.9. The number of rotatable bonds is 7. The lowest BCUT2D eigenvalue weighted by atomic mass is 9.94. The lowest BCUT2D eigenvalue weighted by Gasteiger charge is -2.34. The van der Waals surface area contributed by atoms with E-state index in [-0.39, 0.29) is 10.8 Å². The van der Waals surface area contributed by atoms with Crippen LogP contribution in [0.25, 0.3) is 0 Å². The lowest BCUT2D eigenvalue weighted by molar-refractivity contribution is -0.904. The standard InChI is InChI=1S/C22H35N3O3S/c1-18-15-19(2)17-25(16-18)29(27,28)21-9-7-20(8-10-21)22(26)23-11-6-14-24-12-4-3-5-13-24/h7-10,18-19H,3-6,11-17H2,1-2H3,(H,23,26)/p+1/t18-,19+. The van der Waals surface area contributed by atoms with Gasteiger partial charge in [0.15, 0.2) is 0 Å². The van der Waals surface area contributed by atoms with Gasteiger partial charge >= 0.3 is 0 Å². The molecule has 0 unspecified atom stereocenters. The number of carbonyl (C=O) groups excluding carboxylic acids is 1. The minimum absolute atomic E-state index is 0.136. The second kappa shape index (κ2) is 10.0. The maximum Gasteiger partial charge on any atom is 0.251 e. The minimum atomic E-state index is -3.50. The average molecular weight is 423 g/mol. The van der Waals surface area contributed by atoms with Gasteiger partial charge in [0, 0.05) is 31.6 Å². The molecule has 1 aromatic carbocycles. The third-order valence-electron chi connectivity index (χ3n) is 6.14. The predicted octanol–water partition coefficient (Wildman–Crippen LogP) is 1.54. The largest absolute Gasteiger partial charge is 0.352 e. The summed E-state index contributed by atoms with van der Waals surface area (Å²) in [5.74, 6) is 0.596. The number of nitrogens with one attached hydrogen (secondary N) is 2. The molecule has 0 radical (unpaired) electrons. The van der Waals surface area contributed by atoms with Crippen LogP contribution in [0.5, 0.6) is 0 Å². The Morgan fingerprint density at radius 2 is 1.69 bits per heavy atom. The van der Waals surface area contributed by atoms with Crippen molar-refractivity contribution in [1.29, 1.82) is 0 Å². The SMILES string of the molecule is C[C@@H]1C[C@H](C)CN(S(=O)(=O)c2ccc(C(=O)NCCC[NH+]3CCCCC3)cc2)C1. The van der Waals surface area contributed by atoms with Gasteiger partial charge in [0.05, 0.1) is 24.5 Å². The highest BCUT2D eigenvalue weighted by molar-refractivity contribution is 7.89. The minimum Gasteiger partial charge on any atom is -0.352 e. The topological polar surface area (TPSA) is 70.9 Å². The van der Waals surface area contributed by atoms with Crippen molar-refractivity contribution < 1.29 is 18.1 Å². The van der Waals surface area contributed by atoms with E-state index in [1.54, 1.807) is 33.5 Å². The second-order valence-electron chi connectivity index (χ2n) is 8.96. The van der Waals surface area contributed by atoms with Crippen LogP contribution in [-0.2, 0) is 10.0 Å². The molecule has 0 aromatic heterocycles. The highest BCUT2D eigenvalue weighted by Crippen LogP contribution is 2.26. The third kappa shape index (κ3) is 6.03. The first kappa shape index (κ1) is 22.2. The van der Waals surface area contributed by atoms with Gasteiger partial charge in [-0.05, 0) is 61.8 Å². The normalized spacial score (nSPS) is 24.3. The van der Waals surface area contributed by atoms with E-state index < -0.39 is 10.0 Å². The number of benzene rings is 1. The number of piperidine rings is 2. The molecule has 2 N–H and O–H groups in total. The number of nitrogens with zero attached hydrogens (tertiary/aromatic N) is 1. The van der Waals surface area contributed by atoms with Gasteiger partial charge in [0.2, 0.25) is 10.0 Å². The molecule has 2 fully saturated rings. The molecule has 6 nitrogen and oxygen atoms in total. The first-order chi connectivity index (χ1) is 13.9. The number of carbonyl (C=O) groups is 1. The van der Waals surface area contributed by atoms with Gasteiger partial charge in [-0.1, -0.05) is 13.8 Å². The highest BCUT2D eigenvalue weighted by atomic mass is 32.2. The molecule has 162 valence electrons. The average Bonchev–Trinajstić information content (AvgIpc) is 2.71. The molecular formula is C22H36N3O3S+. The quantitative estimate of drug-likeness (QED) is 0.655. The smallest absolute Gasteiger partial charge is 0.251 e. The summed E-state index contributed by atoms with van der Waals surface area (Å²) in [6, 6.07) is 6.36. The Balaban J connectivity index is 1.51. The van der Waals surface area contributed by atoms with Crippen molar-refractivity contribution in [2.75, 3.05) is 39.3 Å². The van der Waals surface area contributed by atoms with E-state index in [4.69, 9.17) is 0 Å². The van der Waals surface area contributed by atoms with Crippen molar-refractivity contribution in [1.82, 2.24) is 9.62 Å². The van der Waals surface area contributed by atoms with Gasteiger partial charge in [-0.3, -0.25) is 4.79 Å². The Labute approximate surface area is 175 Å².